The van der Waals surface area contributed by atoms with Crippen molar-refractivity contribution in [1.29, 1.82) is 0 Å². The summed E-state index contributed by atoms with van der Waals surface area (Å²) in [5, 5.41) is 9.52. The van der Waals surface area contributed by atoms with Gasteiger partial charge in [0.25, 0.3) is 0 Å². The second-order valence-corrected chi connectivity index (χ2v) is 6.00. The highest BCUT2D eigenvalue weighted by molar-refractivity contribution is 6.43. The smallest absolute Gasteiger partial charge is 0.454 e. The monoisotopic (exact) mass is 345 g/mol. The molecule has 2 aromatic rings. The van der Waals surface area contributed by atoms with E-state index in [9.17, 15) is 9.41 Å². The van der Waals surface area contributed by atoms with E-state index in [2.05, 4.69) is 4.98 Å². The van der Waals surface area contributed by atoms with Crippen molar-refractivity contribution in [1.82, 2.24) is 4.98 Å². The summed E-state index contributed by atoms with van der Waals surface area (Å²) in [5.41, 5.74) is 1.58. The van der Waals surface area contributed by atoms with Crippen LogP contribution in [0.4, 0.5) is 4.39 Å². The number of hydrogen-bond acceptors (Lipinski definition) is 5. The lowest BCUT2D eigenvalue weighted by Gasteiger charge is -2.13. The summed E-state index contributed by atoms with van der Waals surface area (Å²) < 4.78 is 30.5. The van der Waals surface area contributed by atoms with Gasteiger partial charge in [0.1, 0.15) is 11.5 Å². The van der Waals surface area contributed by atoms with Crippen LogP contribution in [0, 0.1) is 5.82 Å². The van der Waals surface area contributed by atoms with Crippen molar-refractivity contribution in [3.63, 3.8) is 0 Å². The molecule has 0 aliphatic carbocycles. The van der Waals surface area contributed by atoms with E-state index < -0.39 is 12.9 Å². The minimum absolute atomic E-state index is 0.0385. The first-order chi connectivity index (χ1) is 12.1. The van der Waals surface area contributed by atoms with E-state index in [-0.39, 0.29) is 11.6 Å². The minimum Gasteiger partial charge on any atom is -0.493 e. The highest BCUT2D eigenvalue weighted by Gasteiger charge is 2.31. The Kier molecular flexibility index (Phi) is 5.55. The lowest BCUT2D eigenvalue weighted by molar-refractivity contribution is 0.291. The van der Waals surface area contributed by atoms with Crippen molar-refractivity contribution in [3.8, 4) is 22.8 Å². The van der Waals surface area contributed by atoms with Crippen molar-refractivity contribution in [2.45, 2.75) is 25.6 Å². The van der Waals surface area contributed by atoms with Crippen LogP contribution in [0.15, 0.2) is 30.3 Å². The normalized spacial score (nSPS) is 17.0. The van der Waals surface area contributed by atoms with Crippen LogP contribution in [0.25, 0.3) is 11.3 Å². The molecule has 5 nitrogen and oxygen atoms in total. The second kappa shape index (κ2) is 7.84. The lowest BCUT2D eigenvalue weighted by atomic mass is 9.81. The van der Waals surface area contributed by atoms with Gasteiger partial charge in [-0.25, -0.2) is 9.37 Å². The maximum atomic E-state index is 14.4. The molecule has 3 rings (SSSR count). The first kappa shape index (κ1) is 17.7. The summed E-state index contributed by atoms with van der Waals surface area (Å²) in [4.78, 5) is 4.47. The number of benzene rings is 1. The Hall–Kier alpha value is -2.12. The van der Waals surface area contributed by atoms with E-state index in [0.717, 1.165) is 6.42 Å². The summed E-state index contributed by atoms with van der Waals surface area (Å²) in [6, 6.07) is 8.29. The van der Waals surface area contributed by atoms with Gasteiger partial charge in [-0.2, -0.15) is 0 Å². The fourth-order valence-corrected chi connectivity index (χ4v) is 2.85. The summed E-state index contributed by atoms with van der Waals surface area (Å²) in [7, 11) is 0.786. The number of rotatable bonds is 6. The van der Waals surface area contributed by atoms with Crippen LogP contribution in [0.3, 0.4) is 0 Å². The molecule has 0 bridgehead atoms. The number of halogens is 1. The molecular weight excluding hydrogens is 324 g/mol. The SMILES string of the molecule is CCCOc1cc(-c2nc([C@@H]3COB(O)C3)ccc2F)ccc1OC. The Balaban J connectivity index is 1.95. The highest BCUT2D eigenvalue weighted by Crippen LogP contribution is 2.34. The average Bonchev–Trinajstić information content (AvgIpc) is 3.06. The fourth-order valence-electron chi connectivity index (χ4n) is 2.85. The third-order valence-corrected chi connectivity index (χ3v) is 4.16. The molecule has 0 amide bonds. The molecule has 132 valence electrons. The van der Waals surface area contributed by atoms with Gasteiger partial charge in [-0.1, -0.05) is 6.92 Å². The van der Waals surface area contributed by atoms with Crippen LogP contribution >= 0.6 is 0 Å². The molecule has 1 aromatic carbocycles. The van der Waals surface area contributed by atoms with Gasteiger partial charge >= 0.3 is 7.12 Å². The van der Waals surface area contributed by atoms with Gasteiger partial charge in [-0.05, 0) is 43.1 Å². The number of nitrogens with zero attached hydrogens (tertiary/aromatic N) is 1. The summed E-state index contributed by atoms with van der Waals surface area (Å²) >= 11 is 0. The Bertz CT molecular complexity index is 743. The number of methoxy groups -OCH3 is 1. The molecular formula is C18H21BFNO4. The number of ether oxygens (including phenoxy) is 2. The lowest BCUT2D eigenvalue weighted by Crippen LogP contribution is -2.08. The largest absolute Gasteiger partial charge is 0.493 e. The molecule has 2 heterocycles. The van der Waals surface area contributed by atoms with Crippen molar-refractivity contribution in [2.75, 3.05) is 20.3 Å². The summed E-state index contributed by atoms with van der Waals surface area (Å²) in [5.74, 6) is 0.715. The average molecular weight is 345 g/mol. The maximum absolute atomic E-state index is 14.4. The Morgan fingerprint density at radius 2 is 2.16 bits per heavy atom. The zero-order valence-corrected chi connectivity index (χ0v) is 14.4. The maximum Gasteiger partial charge on any atom is 0.454 e. The molecule has 1 aliphatic heterocycles. The van der Waals surface area contributed by atoms with E-state index in [1.807, 2.05) is 6.92 Å². The van der Waals surface area contributed by atoms with Crippen LogP contribution in [0.2, 0.25) is 6.32 Å². The van der Waals surface area contributed by atoms with Crippen LogP contribution in [-0.2, 0) is 4.65 Å². The molecule has 0 spiro atoms. The predicted molar refractivity (Wildman–Crippen MR) is 93.4 cm³/mol. The zero-order chi connectivity index (χ0) is 17.8. The van der Waals surface area contributed by atoms with E-state index in [1.54, 1.807) is 31.4 Å². The predicted octanol–water partition coefficient (Wildman–Crippen LogP) is 3.28. The van der Waals surface area contributed by atoms with Crippen LogP contribution in [0.5, 0.6) is 11.5 Å². The van der Waals surface area contributed by atoms with E-state index >= 15 is 0 Å². The second-order valence-electron chi connectivity index (χ2n) is 6.00. The van der Waals surface area contributed by atoms with Crippen molar-refractivity contribution >= 4 is 7.12 Å². The molecule has 25 heavy (non-hydrogen) atoms. The Labute approximate surface area is 146 Å². The molecule has 0 unspecified atom stereocenters. The minimum atomic E-state index is -0.782. The van der Waals surface area contributed by atoms with E-state index in [4.69, 9.17) is 14.1 Å². The summed E-state index contributed by atoms with van der Waals surface area (Å²) in [6.07, 6.45) is 1.32. The molecule has 0 saturated carbocycles. The molecule has 1 aliphatic rings. The van der Waals surface area contributed by atoms with E-state index in [0.29, 0.717) is 42.3 Å². The molecule has 1 fully saturated rings. The van der Waals surface area contributed by atoms with Gasteiger partial charge in [-0.15, -0.1) is 0 Å². The Morgan fingerprint density at radius 3 is 2.84 bits per heavy atom. The fraction of sp³-hybridized carbons (Fsp3) is 0.389. The Morgan fingerprint density at radius 1 is 1.32 bits per heavy atom. The molecule has 1 N–H and O–H groups in total. The van der Waals surface area contributed by atoms with Gasteiger partial charge in [0.05, 0.1) is 13.7 Å². The first-order valence-electron chi connectivity index (χ1n) is 8.39. The molecule has 7 heteroatoms. The van der Waals surface area contributed by atoms with E-state index in [1.165, 1.54) is 6.07 Å². The van der Waals surface area contributed by atoms with Crippen LogP contribution < -0.4 is 9.47 Å². The molecule has 1 aromatic heterocycles. The van der Waals surface area contributed by atoms with Gasteiger partial charge in [0.15, 0.2) is 11.5 Å². The third-order valence-electron chi connectivity index (χ3n) is 4.16. The van der Waals surface area contributed by atoms with Crippen molar-refractivity contribution < 1.29 is 23.5 Å². The van der Waals surface area contributed by atoms with Gasteiger partial charge in [-0.3, -0.25) is 0 Å². The highest BCUT2D eigenvalue weighted by atomic mass is 19.1. The zero-order valence-electron chi connectivity index (χ0n) is 14.4. The third kappa shape index (κ3) is 3.94. The van der Waals surface area contributed by atoms with Crippen LogP contribution in [-0.4, -0.2) is 37.4 Å². The van der Waals surface area contributed by atoms with Gasteiger partial charge < -0.3 is 19.2 Å². The van der Waals surface area contributed by atoms with Crippen molar-refractivity contribution in [2.24, 2.45) is 0 Å². The van der Waals surface area contributed by atoms with Gasteiger partial charge in [0, 0.05) is 23.8 Å². The number of hydrogen-bond donors (Lipinski definition) is 1. The quantitative estimate of drug-likeness (QED) is 0.815. The standard InChI is InChI=1S/C18H21BFNO4/c1-3-8-24-17-9-12(4-7-16(17)23-2)18-14(20)5-6-15(21-18)13-10-19(22)25-11-13/h4-7,9,13,22H,3,8,10-11H2,1-2H3/t13-/m0/s1. The molecule has 0 radical (unpaired) electrons. The topological polar surface area (TPSA) is 60.8 Å². The number of pyridine rings is 1. The van der Waals surface area contributed by atoms with Crippen molar-refractivity contribution in [3.05, 3.63) is 41.8 Å². The summed E-state index contributed by atoms with van der Waals surface area (Å²) in [6.45, 7) is 2.94. The number of aromatic nitrogens is 1. The van der Waals surface area contributed by atoms with Crippen LogP contribution in [0.1, 0.15) is 25.0 Å². The van der Waals surface area contributed by atoms with Gasteiger partial charge in [0.2, 0.25) is 0 Å². The first-order valence-corrected chi connectivity index (χ1v) is 8.39. The molecule has 1 saturated heterocycles. The molecule has 1 atom stereocenters.